The lowest BCUT2D eigenvalue weighted by atomic mass is 9.72. The topological polar surface area (TPSA) is 25.8 Å². The standard InChI is InChI=1S/C13H22N2S/c1-4-9(2)11-7-5-6-8-12(11)13-14-10(3)15-16-13/h9,11-12H,4-8H2,1-3H3. The minimum atomic E-state index is 0.690. The van der Waals surface area contributed by atoms with E-state index in [2.05, 4.69) is 23.2 Å². The zero-order valence-corrected chi connectivity index (χ0v) is 11.4. The van der Waals surface area contributed by atoms with Crippen molar-refractivity contribution >= 4 is 11.5 Å². The van der Waals surface area contributed by atoms with Gasteiger partial charge in [-0.25, -0.2) is 4.98 Å². The van der Waals surface area contributed by atoms with E-state index < -0.39 is 0 Å². The number of nitrogens with zero attached hydrogens (tertiary/aromatic N) is 2. The molecule has 0 N–H and O–H groups in total. The van der Waals surface area contributed by atoms with Gasteiger partial charge in [0.2, 0.25) is 0 Å². The van der Waals surface area contributed by atoms with Crippen molar-refractivity contribution in [1.29, 1.82) is 0 Å². The molecule has 0 aliphatic heterocycles. The van der Waals surface area contributed by atoms with Crippen LogP contribution in [0.4, 0.5) is 0 Å². The van der Waals surface area contributed by atoms with Gasteiger partial charge in [-0.15, -0.1) is 0 Å². The average molecular weight is 238 g/mol. The molecule has 16 heavy (non-hydrogen) atoms. The summed E-state index contributed by atoms with van der Waals surface area (Å²) >= 11 is 1.63. The molecule has 3 heteroatoms. The second-order valence-corrected chi connectivity index (χ2v) is 5.90. The van der Waals surface area contributed by atoms with Gasteiger partial charge in [0.25, 0.3) is 0 Å². The zero-order valence-electron chi connectivity index (χ0n) is 10.6. The van der Waals surface area contributed by atoms with Crippen LogP contribution in [0.3, 0.4) is 0 Å². The molecular weight excluding hydrogens is 216 g/mol. The summed E-state index contributed by atoms with van der Waals surface area (Å²) in [4.78, 5) is 4.61. The first-order valence-electron chi connectivity index (χ1n) is 6.52. The Kier molecular flexibility index (Phi) is 3.95. The fourth-order valence-electron chi connectivity index (χ4n) is 2.91. The van der Waals surface area contributed by atoms with Gasteiger partial charge >= 0.3 is 0 Å². The third-order valence-electron chi connectivity index (χ3n) is 4.05. The maximum Gasteiger partial charge on any atom is 0.139 e. The molecule has 3 unspecified atom stereocenters. The molecule has 2 rings (SSSR count). The summed E-state index contributed by atoms with van der Waals surface area (Å²) in [6, 6.07) is 0. The van der Waals surface area contributed by atoms with Crippen LogP contribution in [0.5, 0.6) is 0 Å². The molecule has 1 aromatic rings. The van der Waals surface area contributed by atoms with Crippen LogP contribution >= 0.6 is 11.5 Å². The van der Waals surface area contributed by atoms with E-state index in [1.165, 1.54) is 37.1 Å². The fraction of sp³-hybridized carbons (Fsp3) is 0.846. The molecule has 3 atom stereocenters. The Morgan fingerprint density at radius 1 is 1.38 bits per heavy atom. The van der Waals surface area contributed by atoms with Crippen molar-refractivity contribution in [3.63, 3.8) is 0 Å². The number of hydrogen-bond acceptors (Lipinski definition) is 3. The highest BCUT2D eigenvalue weighted by molar-refractivity contribution is 7.05. The van der Waals surface area contributed by atoms with Gasteiger partial charge in [0.15, 0.2) is 0 Å². The van der Waals surface area contributed by atoms with Crippen LogP contribution in [-0.4, -0.2) is 9.36 Å². The van der Waals surface area contributed by atoms with Crippen molar-refractivity contribution in [2.75, 3.05) is 0 Å². The molecule has 1 aliphatic rings. The minimum absolute atomic E-state index is 0.690. The lowest BCUT2D eigenvalue weighted by Crippen LogP contribution is -2.23. The second-order valence-electron chi connectivity index (χ2n) is 5.12. The highest BCUT2D eigenvalue weighted by atomic mass is 32.1. The first-order chi connectivity index (χ1) is 7.72. The van der Waals surface area contributed by atoms with Gasteiger partial charge in [-0.05, 0) is 43.1 Å². The lowest BCUT2D eigenvalue weighted by Gasteiger charge is -2.34. The summed E-state index contributed by atoms with van der Waals surface area (Å²) in [7, 11) is 0. The van der Waals surface area contributed by atoms with Crippen LogP contribution in [0.2, 0.25) is 0 Å². The number of aryl methyl sites for hydroxylation is 1. The van der Waals surface area contributed by atoms with E-state index in [4.69, 9.17) is 0 Å². The molecule has 1 fully saturated rings. The van der Waals surface area contributed by atoms with Gasteiger partial charge in [-0.3, -0.25) is 0 Å². The van der Waals surface area contributed by atoms with Crippen molar-refractivity contribution < 1.29 is 0 Å². The largest absolute Gasteiger partial charge is 0.225 e. The van der Waals surface area contributed by atoms with E-state index in [0.717, 1.165) is 17.7 Å². The van der Waals surface area contributed by atoms with E-state index in [-0.39, 0.29) is 0 Å². The normalized spacial score (nSPS) is 27.9. The maximum absolute atomic E-state index is 4.61. The van der Waals surface area contributed by atoms with Gasteiger partial charge in [0.05, 0.1) is 0 Å². The highest BCUT2D eigenvalue weighted by Gasteiger charge is 2.31. The quantitative estimate of drug-likeness (QED) is 0.790. The summed E-state index contributed by atoms with van der Waals surface area (Å²) in [5, 5.41) is 1.29. The van der Waals surface area contributed by atoms with Crippen molar-refractivity contribution in [2.24, 2.45) is 11.8 Å². The molecule has 0 saturated heterocycles. The van der Waals surface area contributed by atoms with Crippen LogP contribution in [0.25, 0.3) is 0 Å². The predicted octanol–water partition coefficient (Wildman–Crippen LogP) is 4.17. The molecule has 2 nitrogen and oxygen atoms in total. The van der Waals surface area contributed by atoms with E-state index >= 15 is 0 Å². The minimum Gasteiger partial charge on any atom is -0.225 e. The number of aromatic nitrogens is 2. The molecule has 1 saturated carbocycles. The maximum atomic E-state index is 4.61. The molecule has 0 amide bonds. The van der Waals surface area contributed by atoms with Crippen molar-refractivity contribution in [2.45, 2.75) is 58.8 Å². The zero-order chi connectivity index (χ0) is 11.5. The first kappa shape index (κ1) is 12.0. The molecule has 1 heterocycles. The van der Waals surface area contributed by atoms with E-state index in [0.29, 0.717) is 5.92 Å². The molecule has 1 aliphatic carbocycles. The molecule has 0 radical (unpaired) electrons. The average Bonchev–Trinajstić information content (AvgIpc) is 2.75. The molecule has 90 valence electrons. The fourth-order valence-corrected chi connectivity index (χ4v) is 3.78. The van der Waals surface area contributed by atoms with Crippen LogP contribution in [-0.2, 0) is 0 Å². The molecule has 0 spiro atoms. The van der Waals surface area contributed by atoms with Gasteiger partial charge in [0, 0.05) is 5.92 Å². The summed E-state index contributed by atoms with van der Waals surface area (Å²) < 4.78 is 4.34. The highest BCUT2D eigenvalue weighted by Crippen LogP contribution is 2.42. The van der Waals surface area contributed by atoms with Crippen molar-refractivity contribution in [1.82, 2.24) is 9.36 Å². The van der Waals surface area contributed by atoms with Crippen LogP contribution in [0.15, 0.2) is 0 Å². The monoisotopic (exact) mass is 238 g/mol. The summed E-state index contributed by atoms with van der Waals surface area (Å²) in [5.41, 5.74) is 0. The number of rotatable bonds is 3. The van der Waals surface area contributed by atoms with Gasteiger partial charge < -0.3 is 0 Å². The number of hydrogen-bond donors (Lipinski definition) is 0. The van der Waals surface area contributed by atoms with Crippen LogP contribution in [0.1, 0.15) is 62.7 Å². The second kappa shape index (κ2) is 5.26. The van der Waals surface area contributed by atoms with Gasteiger partial charge in [-0.1, -0.05) is 33.1 Å². The van der Waals surface area contributed by atoms with E-state index in [1.807, 2.05) is 6.92 Å². The SMILES string of the molecule is CCC(C)C1CCCCC1c1nc(C)ns1. The van der Waals surface area contributed by atoms with Crippen LogP contribution in [0, 0.1) is 18.8 Å². The molecule has 0 bridgehead atoms. The Labute approximate surface area is 103 Å². The van der Waals surface area contributed by atoms with E-state index in [1.54, 1.807) is 11.5 Å². The Hall–Kier alpha value is -0.440. The Morgan fingerprint density at radius 2 is 2.12 bits per heavy atom. The summed E-state index contributed by atoms with van der Waals surface area (Å²) in [5.74, 6) is 3.31. The Balaban J connectivity index is 2.16. The Bertz CT molecular complexity index is 334. The summed E-state index contributed by atoms with van der Waals surface area (Å²) in [6.07, 6.45) is 6.78. The van der Waals surface area contributed by atoms with Crippen LogP contribution < -0.4 is 0 Å². The Morgan fingerprint density at radius 3 is 2.75 bits per heavy atom. The van der Waals surface area contributed by atoms with Crippen molar-refractivity contribution in [3.8, 4) is 0 Å². The van der Waals surface area contributed by atoms with Gasteiger partial charge in [0.1, 0.15) is 10.8 Å². The van der Waals surface area contributed by atoms with E-state index in [9.17, 15) is 0 Å². The van der Waals surface area contributed by atoms with Crippen molar-refractivity contribution in [3.05, 3.63) is 10.8 Å². The molecular formula is C13H22N2S. The summed E-state index contributed by atoms with van der Waals surface area (Å²) in [6.45, 7) is 6.71. The predicted molar refractivity (Wildman–Crippen MR) is 68.8 cm³/mol. The van der Waals surface area contributed by atoms with Gasteiger partial charge in [-0.2, -0.15) is 4.37 Å². The molecule has 0 aromatic carbocycles. The smallest absolute Gasteiger partial charge is 0.139 e. The lowest BCUT2D eigenvalue weighted by molar-refractivity contribution is 0.220. The molecule has 1 aromatic heterocycles. The third kappa shape index (κ3) is 2.45. The third-order valence-corrected chi connectivity index (χ3v) is 4.99. The first-order valence-corrected chi connectivity index (χ1v) is 7.30.